The molecule has 0 bridgehead atoms. The summed E-state index contributed by atoms with van der Waals surface area (Å²) in [7, 11) is 1.62. The van der Waals surface area contributed by atoms with Gasteiger partial charge in [0.1, 0.15) is 5.75 Å². The number of carboxylic acid groups (broad SMARTS) is 1. The van der Waals surface area contributed by atoms with Crippen LogP contribution in [0.4, 0.5) is 0 Å². The highest BCUT2D eigenvalue weighted by Gasteiger charge is 2.19. The lowest BCUT2D eigenvalue weighted by Gasteiger charge is -2.12. The van der Waals surface area contributed by atoms with E-state index in [-0.39, 0.29) is 0 Å². The Morgan fingerprint density at radius 1 is 1.35 bits per heavy atom. The number of aromatic nitrogens is 1. The average molecular weight is 271 g/mol. The number of methoxy groups -OCH3 is 1. The highest BCUT2D eigenvalue weighted by atomic mass is 16.5. The molecule has 0 aliphatic carbocycles. The number of ether oxygens (including phenoxy) is 1. The van der Waals surface area contributed by atoms with Crippen LogP contribution in [0.2, 0.25) is 0 Å². The van der Waals surface area contributed by atoms with Gasteiger partial charge in [0.25, 0.3) is 0 Å². The molecule has 2 rings (SSSR count). The van der Waals surface area contributed by atoms with Gasteiger partial charge in [-0.25, -0.2) is 0 Å². The van der Waals surface area contributed by atoms with Crippen molar-refractivity contribution in [3.8, 4) is 5.75 Å². The molecule has 0 aliphatic heterocycles. The Hall–Kier alpha value is -2.36. The molecule has 0 saturated carbocycles. The molecule has 1 atom stereocenters. The molecule has 0 fully saturated rings. The Balaban J connectivity index is 2.08. The summed E-state index contributed by atoms with van der Waals surface area (Å²) >= 11 is 0. The zero-order chi connectivity index (χ0) is 14.4. The molecule has 20 heavy (non-hydrogen) atoms. The van der Waals surface area contributed by atoms with Crippen LogP contribution >= 0.6 is 0 Å². The van der Waals surface area contributed by atoms with Gasteiger partial charge in [-0.2, -0.15) is 0 Å². The van der Waals surface area contributed by atoms with Crippen LogP contribution in [0.5, 0.6) is 5.75 Å². The number of benzene rings is 1. The monoisotopic (exact) mass is 271 g/mol. The zero-order valence-corrected chi connectivity index (χ0v) is 11.3. The van der Waals surface area contributed by atoms with Crippen LogP contribution in [0.3, 0.4) is 0 Å². The van der Waals surface area contributed by atoms with Crippen molar-refractivity contribution in [1.82, 2.24) is 4.98 Å². The SMILES string of the molecule is COc1cccc(CC[C@@H](C(=O)O)c2cccnc2)c1. The first-order chi connectivity index (χ1) is 9.70. The summed E-state index contributed by atoms with van der Waals surface area (Å²) in [5.74, 6) is -0.563. The largest absolute Gasteiger partial charge is 0.497 e. The standard InChI is InChI=1S/C16H17NO3/c1-20-14-6-2-4-12(10-14)7-8-15(16(18)19)13-5-3-9-17-11-13/h2-6,9-11,15H,7-8H2,1H3,(H,18,19)/t15-/m1/s1. The third-order valence-corrected chi connectivity index (χ3v) is 3.24. The number of nitrogens with zero attached hydrogens (tertiary/aromatic N) is 1. The van der Waals surface area contributed by atoms with Crippen LogP contribution in [-0.4, -0.2) is 23.2 Å². The maximum absolute atomic E-state index is 11.4. The van der Waals surface area contributed by atoms with Crippen LogP contribution < -0.4 is 4.74 Å². The molecule has 1 heterocycles. The van der Waals surface area contributed by atoms with Gasteiger partial charge >= 0.3 is 5.97 Å². The minimum Gasteiger partial charge on any atom is -0.497 e. The van der Waals surface area contributed by atoms with E-state index >= 15 is 0 Å². The Morgan fingerprint density at radius 3 is 2.85 bits per heavy atom. The van der Waals surface area contributed by atoms with Crippen molar-refractivity contribution in [1.29, 1.82) is 0 Å². The first kappa shape index (κ1) is 14.1. The fourth-order valence-electron chi connectivity index (χ4n) is 2.15. The summed E-state index contributed by atoms with van der Waals surface area (Å²) in [4.78, 5) is 15.4. The number of hydrogen-bond donors (Lipinski definition) is 1. The highest BCUT2D eigenvalue weighted by Crippen LogP contribution is 2.22. The fraction of sp³-hybridized carbons (Fsp3) is 0.250. The van der Waals surface area contributed by atoms with Gasteiger partial charge in [0.2, 0.25) is 0 Å². The summed E-state index contributed by atoms with van der Waals surface area (Å²) in [6, 6.07) is 11.3. The lowest BCUT2D eigenvalue weighted by Crippen LogP contribution is -2.12. The topological polar surface area (TPSA) is 59.4 Å². The molecule has 0 amide bonds. The molecule has 1 aromatic heterocycles. The first-order valence-corrected chi connectivity index (χ1v) is 6.46. The number of hydrogen-bond acceptors (Lipinski definition) is 3. The molecule has 1 N–H and O–H groups in total. The molecule has 104 valence electrons. The van der Waals surface area contributed by atoms with Crippen LogP contribution in [0.25, 0.3) is 0 Å². The first-order valence-electron chi connectivity index (χ1n) is 6.46. The summed E-state index contributed by atoms with van der Waals surface area (Å²) in [5.41, 5.74) is 1.81. The molecule has 0 aliphatic rings. The lowest BCUT2D eigenvalue weighted by atomic mass is 9.93. The van der Waals surface area contributed by atoms with Crippen LogP contribution in [0.1, 0.15) is 23.5 Å². The summed E-state index contributed by atoms with van der Waals surface area (Å²) in [5, 5.41) is 9.35. The number of carboxylic acids is 1. The number of carbonyl (C=O) groups is 1. The Bertz CT molecular complexity index is 569. The fourth-order valence-corrected chi connectivity index (χ4v) is 2.15. The van der Waals surface area contributed by atoms with Crippen molar-refractivity contribution in [2.75, 3.05) is 7.11 Å². The van der Waals surface area contributed by atoms with E-state index in [2.05, 4.69) is 4.98 Å². The molecule has 2 aromatic rings. The van der Waals surface area contributed by atoms with E-state index in [0.717, 1.165) is 16.9 Å². The summed E-state index contributed by atoms with van der Waals surface area (Å²) in [6.45, 7) is 0. The van der Waals surface area contributed by atoms with Gasteiger partial charge in [0.05, 0.1) is 13.0 Å². The molecule has 4 nitrogen and oxygen atoms in total. The minimum atomic E-state index is -0.819. The van der Waals surface area contributed by atoms with Gasteiger partial charge in [-0.1, -0.05) is 18.2 Å². The minimum absolute atomic E-state index is 0.532. The van der Waals surface area contributed by atoms with Crippen LogP contribution in [0, 0.1) is 0 Å². The quantitative estimate of drug-likeness (QED) is 0.877. The van der Waals surface area contributed by atoms with Gasteiger partial charge in [-0.15, -0.1) is 0 Å². The zero-order valence-electron chi connectivity index (χ0n) is 11.3. The predicted molar refractivity (Wildman–Crippen MR) is 75.9 cm³/mol. The van der Waals surface area contributed by atoms with Gasteiger partial charge in [0, 0.05) is 12.4 Å². The molecular formula is C16H17NO3. The van der Waals surface area contributed by atoms with Gasteiger partial charge in [-0.3, -0.25) is 9.78 Å². The average Bonchev–Trinajstić information content (AvgIpc) is 2.48. The van der Waals surface area contributed by atoms with E-state index in [1.54, 1.807) is 31.6 Å². The van der Waals surface area contributed by atoms with Crippen molar-refractivity contribution in [2.24, 2.45) is 0 Å². The predicted octanol–water partition coefficient (Wildman–Crippen LogP) is 2.89. The number of rotatable bonds is 6. The second-order valence-corrected chi connectivity index (χ2v) is 4.57. The number of pyridine rings is 1. The van der Waals surface area contributed by atoms with E-state index in [9.17, 15) is 9.90 Å². The number of aliphatic carboxylic acids is 1. The molecular weight excluding hydrogens is 254 g/mol. The Labute approximate surface area is 118 Å². The second-order valence-electron chi connectivity index (χ2n) is 4.57. The Kier molecular flexibility index (Phi) is 4.71. The van der Waals surface area contributed by atoms with Crippen molar-refractivity contribution in [3.63, 3.8) is 0 Å². The van der Waals surface area contributed by atoms with E-state index in [1.165, 1.54) is 0 Å². The number of aryl methyl sites for hydroxylation is 1. The lowest BCUT2D eigenvalue weighted by molar-refractivity contribution is -0.138. The van der Waals surface area contributed by atoms with E-state index in [4.69, 9.17) is 4.74 Å². The molecule has 0 spiro atoms. The summed E-state index contributed by atoms with van der Waals surface area (Å²) < 4.78 is 5.17. The van der Waals surface area contributed by atoms with Crippen molar-refractivity contribution < 1.29 is 14.6 Å². The van der Waals surface area contributed by atoms with Gasteiger partial charge < -0.3 is 9.84 Å². The molecule has 0 saturated heterocycles. The van der Waals surface area contributed by atoms with E-state index in [0.29, 0.717) is 12.8 Å². The van der Waals surface area contributed by atoms with E-state index in [1.807, 2.05) is 24.3 Å². The van der Waals surface area contributed by atoms with Crippen molar-refractivity contribution in [2.45, 2.75) is 18.8 Å². The summed E-state index contributed by atoms with van der Waals surface area (Å²) in [6.07, 6.45) is 4.48. The Morgan fingerprint density at radius 2 is 2.20 bits per heavy atom. The second kappa shape index (κ2) is 6.70. The van der Waals surface area contributed by atoms with Crippen molar-refractivity contribution >= 4 is 5.97 Å². The highest BCUT2D eigenvalue weighted by molar-refractivity contribution is 5.75. The maximum Gasteiger partial charge on any atom is 0.311 e. The van der Waals surface area contributed by atoms with Crippen LogP contribution in [-0.2, 0) is 11.2 Å². The van der Waals surface area contributed by atoms with E-state index < -0.39 is 11.9 Å². The normalized spacial score (nSPS) is 11.8. The smallest absolute Gasteiger partial charge is 0.311 e. The van der Waals surface area contributed by atoms with Crippen molar-refractivity contribution in [3.05, 3.63) is 59.9 Å². The third kappa shape index (κ3) is 3.57. The third-order valence-electron chi connectivity index (χ3n) is 3.24. The molecule has 0 radical (unpaired) electrons. The van der Waals surface area contributed by atoms with Gasteiger partial charge in [0.15, 0.2) is 0 Å². The molecule has 4 heteroatoms. The molecule has 0 unspecified atom stereocenters. The van der Waals surface area contributed by atoms with Gasteiger partial charge in [-0.05, 0) is 42.2 Å². The molecule has 1 aromatic carbocycles. The maximum atomic E-state index is 11.4. The van der Waals surface area contributed by atoms with Crippen LogP contribution in [0.15, 0.2) is 48.8 Å².